The third-order valence-corrected chi connectivity index (χ3v) is 3.82. The minimum Gasteiger partial charge on any atom is -0.306 e. The summed E-state index contributed by atoms with van der Waals surface area (Å²) in [7, 11) is 1.33. The van der Waals surface area contributed by atoms with Crippen LogP contribution >= 0.6 is 0 Å². The van der Waals surface area contributed by atoms with E-state index in [1.165, 1.54) is 18.5 Å². The van der Waals surface area contributed by atoms with Gasteiger partial charge in [-0.3, -0.25) is 18.7 Å². The third kappa shape index (κ3) is 3.25. The number of hydrogen-bond donors (Lipinski definition) is 1. The lowest BCUT2D eigenvalue weighted by Crippen LogP contribution is -2.41. The molecule has 1 unspecified atom stereocenters. The number of fused-ring (bicyclic) bond motifs is 1. The molecule has 0 aliphatic carbocycles. The summed E-state index contributed by atoms with van der Waals surface area (Å²) in [5.41, 5.74) is -2.18. The van der Waals surface area contributed by atoms with Gasteiger partial charge in [0.2, 0.25) is 0 Å². The molecule has 126 valence electrons. The minimum absolute atomic E-state index is 0.0843. The van der Waals surface area contributed by atoms with Crippen molar-refractivity contribution in [3.05, 3.63) is 37.0 Å². The van der Waals surface area contributed by atoms with E-state index in [0.717, 1.165) is 23.8 Å². The van der Waals surface area contributed by atoms with E-state index in [2.05, 4.69) is 16.9 Å². The van der Waals surface area contributed by atoms with Gasteiger partial charge in [-0.05, 0) is 13.3 Å². The monoisotopic (exact) mass is 324 g/mol. The van der Waals surface area contributed by atoms with Gasteiger partial charge in [0, 0.05) is 13.6 Å². The molecule has 1 N–H and O–H groups in total. The molecule has 0 radical (unpaired) electrons. The predicted octanol–water partition coefficient (Wildman–Crippen LogP) is 1.39. The lowest BCUT2D eigenvalue weighted by molar-refractivity contribution is 0.356. The largest absolute Gasteiger partial charge is 0.331 e. The first kappa shape index (κ1) is 17.1. The van der Waals surface area contributed by atoms with Gasteiger partial charge in [0.05, 0.1) is 0 Å². The van der Waals surface area contributed by atoms with Crippen molar-refractivity contribution in [1.29, 1.82) is 0 Å². The molecule has 0 aliphatic heterocycles. The molecule has 2 aromatic heterocycles. The molecule has 0 amide bonds. The fraction of sp³-hybridized carbons (Fsp3) is 0.600. The maximum absolute atomic E-state index is 13.4. The summed E-state index contributed by atoms with van der Waals surface area (Å²) in [6.45, 7) is 3.61. The Balaban J connectivity index is 2.69. The zero-order chi connectivity index (χ0) is 17.1. The molecule has 7 nitrogen and oxygen atoms in total. The molecule has 23 heavy (non-hydrogen) atoms. The number of alkyl halides is 1. The van der Waals surface area contributed by atoms with Gasteiger partial charge in [-0.15, -0.1) is 0 Å². The van der Waals surface area contributed by atoms with Gasteiger partial charge in [-0.25, -0.2) is 14.2 Å². The van der Waals surface area contributed by atoms with E-state index in [-0.39, 0.29) is 16.9 Å². The minimum atomic E-state index is -1.51. The molecule has 0 aromatic carbocycles. The Bertz CT molecular complexity index is 879. The van der Waals surface area contributed by atoms with E-state index in [9.17, 15) is 18.8 Å². The predicted molar refractivity (Wildman–Crippen MR) is 85.5 cm³/mol. The van der Waals surface area contributed by atoms with E-state index in [1.54, 1.807) is 0 Å². The fourth-order valence-corrected chi connectivity index (χ4v) is 2.50. The van der Waals surface area contributed by atoms with Crippen LogP contribution in [-0.2, 0) is 13.6 Å². The fourth-order valence-electron chi connectivity index (χ4n) is 2.50. The Kier molecular flexibility index (Phi) is 5.12. The van der Waals surface area contributed by atoms with Crippen molar-refractivity contribution in [3.63, 3.8) is 0 Å². The highest BCUT2D eigenvalue weighted by atomic mass is 19.1. The summed E-state index contributed by atoms with van der Waals surface area (Å²) in [5.74, 6) is -0.212. The van der Waals surface area contributed by atoms with E-state index in [1.807, 2.05) is 0 Å². The highest BCUT2D eigenvalue weighted by Crippen LogP contribution is 2.11. The Labute approximate surface area is 131 Å². The highest BCUT2D eigenvalue weighted by molar-refractivity contribution is 5.72. The number of nitrogens with zero attached hydrogens (tertiary/aromatic N) is 3. The molecule has 2 aromatic rings. The van der Waals surface area contributed by atoms with Crippen molar-refractivity contribution in [3.8, 4) is 0 Å². The van der Waals surface area contributed by atoms with Gasteiger partial charge < -0.3 is 4.98 Å². The highest BCUT2D eigenvalue weighted by Gasteiger charge is 2.18. The summed E-state index contributed by atoms with van der Waals surface area (Å²) >= 11 is 0. The van der Waals surface area contributed by atoms with Crippen molar-refractivity contribution in [1.82, 2.24) is 19.1 Å². The topological polar surface area (TPSA) is 89.8 Å². The standard InChI is InChI=1S/C15H21FN4O3/c1-4-5-6-7-8-20-11-10(14(22)19(3)15(20)23)17-12(9(2)16)18-13(11)21/h9H,4-8H2,1-3H3,(H,17,18,21). The van der Waals surface area contributed by atoms with Crippen LogP contribution in [0.5, 0.6) is 0 Å². The summed E-state index contributed by atoms with van der Waals surface area (Å²) in [4.78, 5) is 43.0. The van der Waals surface area contributed by atoms with Crippen molar-refractivity contribution in [2.24, 2.45) is 7.05 Å². The van der Waals surface area contributed by atoms with E-state index in [0.29, 0.717) is 13.0 Å². The molecular weight excluding hydrogens is 303 g/mol. The molecule has 2 heterocycles. The Morgan fingerprint density at radius 1 is 1.22 bits per heavy atom. The number of aromatic amines is 1. The van der Waals surface area contributed by atoms with Crippen molar-refractivity contribution in [2.75, 3.05) is 0 Å². The molecule has 0 spiro atoms. The number of aryl methyl sites for hydroxylation is 1. The summed E-state index contributed by atoms with van der Waals surface area (Å²) in [6, 6.07) is 0. The maximum Gasteiger partial charge on any atom is 0.331 e. The summed E-state index contributed by atoms with van der Waals surface area (Å²) in [5, 5.41) is 0. The van der Waals surface area contributed by atoms with Crippen LogP contribution in [0.1, 0.15) is 51.5 Å². The third-order valence-electron chi connectivity index (χ3n) is 3.82. The summed E-state index contributed by atoms with van der Waals surface area (Å²) in [6.07, 6.45) is 2.18. The number of hydrogen-bond acceptors (Lipinski definition) is 4. The van der Waals surface area contributed by atoms with Crippen LogP contribution < -0.4 is 16.8 Å². The van der Waals surface area contributed by atoms with E-state index >= 15 is 0 Å². The number of unbranched alkanes of at least 4 members (excludes halogenated alkanes) is 3. The normalized spacial score (nSPS) is 12.7. The lowest BCUT2D eigenvalue weighted by atomic mass is 10.2. The van der Waals surface area contributed by atoms with Crippen LogP contribution in [0.25, 0.3) is 11.0 Å². The molecular formula is C15H21FN4O3. The van der Waals surface area contributed by atoms with Crippen molar-refractivity contribution >= 4 is 11.0 Å². The summed E-state index contributed by atoms with van der Waals surface area (Å²) < 4.78 is 15.6. The first-order valence-corrected chi connectivity index (χ1v) is 7.76. The van der Waals surface area contributed by atoms with Crippen molar-refractivity contribution in [2.45, 2.75) is 52.2 Å². The average Bonchev–Trinajstić information content (AvgIpc) is 2.52. The van der Waals surface area contributed by atoms with E-state index < -0.39 is 23.0 Å². The maximum atomic E-state index is 13.4. The SMILES string of the molecule is CCCCCCn1c(=O)n(C)c(=O)c2nc(C(C)F)[nH]c(=O)c21. The Morgan fingerprint density at radius 3 is 2.52 bits per heavy atom. The molecule has 0 saturated heterocycles. The van der Waals surface area contributed by atoms with Crippen molar-refractivity contribution < 1.29 is 4.39 Å². The second-order valence-electron chi connectivity index (χ2n) is 5.62. The number of aromatic nitrogens is 4. The lowest BCUT2D eigenvalue weighted by Gasteiger charge is -2.12. The van der Waals surface area contributed by atoms with Gasteiger partial charge in [-0.1, -0.05) is 26.2 Å². The van der Waals surface area contributed by atoms with Crippen LogP contribution in [0.3, 0.4) is 0 Å². The van der Waals surface area contributed by atoms with E-state index in [4.69, 9.17) is 0 Å². The van der Waals surface area contributed by atoms with Crippen LogP contribution in [0.4, 0.5) is 4.39 Å². The van der Waals surface area contributed by atoms with Crippen LogP contribution in [0.2, 0.25) is 0 Å². The van der Waals surface area contributed by atoms with Gasteiger partial charge in [0.15, 0.2) is 11.7 Å². The quantitative estimate of drug-likeness (QED) is 0.813. The van der Waals surface area contributed by atoms with Gasteiger partial charge in [-0.2, -0.15) is 0 Å². The number of rotatable bonds is 6. The zero-order valence-corrected chi connectivity index (χ0v) is 13.6. The number of halogens is 1. The molecule has 8 heteroatoms. The van der Waals surface area contributed by atoms with Crippen LogP contribution in [0, 0.1) is 0 Å². The van der Waals surface area contributed by atoms with Crippen LogP contribution in [0.15, 0.2) is 14.4 Å². The van der Waals surface area contributed by atoms with Crippen LogP contribution in [-0.4, -0.2) is 19.1 Å². The molecule has 0 fully saturated rings. The number of nitrogens with one attached hydrogen (secondary N) is 1. The molecule has 2 rings (SSSR count). The first-order valence-electron chi connectivity index (χ1n) is 7.76. The molecule has 1 atom stereocenters. The molecule has 0 aliphatic rings. The Morgan fingerprint density at radius 2 is 1.91 bits per heavy atom. The van der Waals surface area contributed by atoms with Gasteiger partial charge in [0.25, 0.3) is 11.1 Å². The molecule has 0 saturated carbocycles. The number of H-pyrrole nitrogens is 1. The smallest absolute Gasteiger partial charge is 0.306 e. The second-order valence-corrected chi connectivity index (χ2v) is 5.62. The van der Waals surface area contributed by atoms with Gasteiger partial charge in [0.1, 0.15) is 11.3 Å². The van der Waals surface area contributed by atoms with Gasteiger partial charge >= 0.3 is 5.69 Å². The second kappa shape index (κ2) is 6.89. The molecule has 0 bridgehead atoms. The Hall–Kier alpha value is -2.25. The zero-order valence-electron chi connectivity index (χ0n) is 13.6. The average molecular weight is 324 g/mol. The first-order chi connectivity index (χ1) is 10.9.